The van der Waals surface area contributed by atoms with Crippen molar-refractivity contribution in [3.8, 4) is 0 Å². The van der Waals surface area contributed by atoms with Crippen LogP contribution in [0.3, 0.4) is 0 Å². The van der Waals surface area contributed by atoms with Crippen molar-refractivity contribution in [3.05, 3.63) is 66.2 Å². The Morgan fingerprint density at radius 1 is 0.879 bits per heavy atom. The number of esters is 1. The lowest BCUT2D eigenvalue weighted by atomic mass is 9.77. The normalized spacial score (nSPS) is 18.9. The van der Waals surface area contributed by atoms with Crippen LogP contribution in [0.2, 0.25) is 0 Å². The Labute approximate surface area is 341 Å². The Balaban J connectivity index is 1.53. The third kappa shape index (κ3) is 13.1. The molecule has 0 aromatic heterocycles. The molecular weight excluding hydrogens is 765 g/mol. The number of nitrogens with two attached hydrogens (primary N) is 1. The van der Waals surface area contributed by atoms with Gasteiger partial charge in [0.25, 0.3) is 0 Å². The number of ether oxygens (including phenoxy) is 1. The van der Waals surface area contributed by atoms with Crippen molar-refractivity contribution in [1.82, 2.24) is 14.9 Å². The van der Waals surface area contributed by atoms with Crippen LogP contribution in [0.1, 0.15) is 109 Å². The number of amides is 3. The van der Waals surface area contributed by atoms with E-state index >= 15 is 0 Å². The Hall–Kier alpha value is -4.76. The molecule has 316 valence electrons. The molecule has 4 N–H and O–H groups in total. The third-order valence-electron chi connectivity index (χ3n) is 10.9. The number of hydrogen-bond acceptors (Lipinski definition) is 10. The predicted molar refractivity (Wildman–Crippen MR) is 215 cm³/mol. The highest BCUT2D eigenvalue weighted by Gasteiger charge is 2.46. The van der Waals surface area contributed by atoms with E-state index in [1.165, 1.54) is 17.0 Å². The van der Waals surface area contributed by atoms with Gasteiger partial charge in [0.15, 0.2) is 11.6 Å². The standard InChI is InChI=1S/C43H58N4O10S/c1-4-14-31(41(52)36(48)21-22-38(50)45-40(42(44)53)30-17-10-6-11-18-30)23-37(49)35-24-32(46-58(55,56)33-19-12-7-13-20-33)26-47(35)43(54)34(29-15-8-5-9-16-29)25-39(51)57-27-28(2)3/h6-7,10-13,17-20,28-29,31-32,34-35,40,46H,4-5,8-9,14-16,21-27H2,1-3H3,(H2,44,53)(H,45,50)/t31?,32-,34+,35+,40+/m1/s1. The second-order valence-corrected chi connectivity index (χ2v) is 17.6. The van der Waals surface area contributed by atoms with Gasteiger partial charge in [-0.05, 0) is 55.2 Å². The molecule has 1 heterocycles. The first-order valence-electron chi connectivity index (χ1n) is 20.4. The summed E-state index contributed by atoms with van der Waals surface area (Å²) >= 11 is 0. The highest BCUT2D eigenvalue weighted by Crippen LogP contribution is 2.36. The van der Waals surface area contributed by atoms with E-state index in [1.807, 2.05) is 13.8 Å². The van der Waals surface area contributed by atoms with E-state index in [1.54, 1.807) is 55.5 Å². The number of benzene rings is 2. The van der Waals surface area contributed by atoms with Gasteiger partial charge in [0.05, 0.1) is 29.9 Å². The fourth-order valence-electron chi connectivity index (χ4n) is 7.89. The van der Waals surface area contributed by atoms with Crippen LogP contribution in [0.25, 0.3) is 0 Å². The summed E-state index contributed by atoms with van der Waals surface area (Å²) in [6.45, 7) is 5.66. The highest BCUT2D eigenvalue weighted by molar-refractivity contribution is 7.89. The van der Waals surface area contributed by atoms with E-state index in [2.05, 4.69) is 10.0 Å². The van der Waals surface area contributed by atoms with Crippen molar-refractivity contribution in [2.24, 2.45) is 29.4 Å². The first-order valence-corrected chi connectivity index (χ1v) is 21.9. The zero-order chi connectivity index (χ0) is 42.4. The third-order valence-corrected chi connectivity index (χ3v) is 12.4. The van der Waals surface area contributed by atoms with Crippen molar-refractivity contribution in [1.29, 1.82) is 0 Å². The van der Waals surface area contributed by atoms with Gasteiger partial charge in [0, 0.05) is 37.8 Å². The SMILES string of the molecule is CCCC(CC(=O)[C@@H]1C[C@@H](NS(=O)(=O)c2ccccc2)CN1C(=O)[C@@H](CC(=O)OCC(C)C)C1CCCCC1)C(=O)C(=O)CCC(=O)N[C@H](C(N)=O)c1ccccc1. The lowest BCUT2D eigenvalue weighted by molar-refractivity contribution is -0.152. The van der Waals surface area contributed by atoms with Crippen molar-refractivity contribution in [2.75, 3.05) is 13.2 Å². The van der Waals surface area contributed by atoms with Gasteiger partial charge in [-0.1, -0.05) is 95.0 Å². The molecule has 1 saturated carbocycles. The number of Topliss-reactive ketones (excluding diaryl/α,β-unsaturated/α-hetero) is 3. The fourth-order valence-corrected chi connectivity index (χ4v) is 9.15. The average Bonchev–Trinajstić information content (AvgIpc) is 3.63. The lowest BCUT2D eigenvalue weighted by Crippen LogP contribution is -2.47. The van der Waals surface area contributed by atoms with Crippen LogP contribution in [0.4, 0.5) is 0 Å². The molecule has 1 aliphatic heterocycles. The number of primary amides is 1. The summed E-state index contributed by atoms with van der Waals surface area (Å²) in [4.78, 5) is 95.0. The van der Waals surface area contributed by atoms with Crippen LogP contribution >= 0.6 is 0 Å². The maximum atomic E-state index is 14.6. The number of rotatable bonds is 22. The highest BCUT2D eigenvalue weighted by atomic mass is 32.2. The number of carbonyl (C=O) groups is 7. The van der Waals surface area contributed by atoms with E-state index in [9.17, 15) is 42.0 Å². The van der Waals surface area contributed by atoms with Crippen molar-refractivity contribution in [2.45, 2.75) is 121 Å². The largest absolute Gasteiger partial charge is 0.465 e. The van der Waals surface area contributed by atoms with Gasteiger partial charge in [-0.25, -0.2) is 13.1 Å². The second-order valence-electron chi connectivity index (χ2n) is 15.9. The first-order chi connectivity index (χ1) is 27.6. The van der Waals surface area contributed by atoms with E-state index < -0.39 is 93.9 Å². The van der Waals surface area contributed by atoms with Crippen LogP contribution in [0.15, 0.2) is 65.6 Å². The van der Waals surface area contributed by atoms with Gasteiger partial charge in [-0.2, -0.15) is 0 Å². The van der Waals surface area contributed by atoms with Crippen molar-refractivity contribution >= 4 is 51.1 Å². The number of nitrogens with one attached hydrogen (secondary N) is 2. The number of nitrogens with zero attached hydrogens (tertiary/aromatic N) is 1. The molecule has 1 unspecified atom stereocenters. The van der Waals surface area contributed by atoms with Crippen molar-refractivity contribution in [3.63, 3.8) is 0 Å². The minimum atomic E-state index is -4.05. The zero-order valence-corrected chi connectivity index (χ0v) is 34.5. The zero-order valence-electron chi connectivity index (χ0n) is 33.7. The second kappa shape index (κ2) is 21.8. The molecule has 4 rings (SSSR count). The average molecular weight is 823 g/mol. The summed E-state index contributed by atoms with van der Waals surface area (Å²) in [6.07, 6.45) is 3.31. The molecule has 0 bridgehead atoms. The number of sulfonamides is 1. The molecule has 15 heteroatoms. The molecule has 0 radical (unpaired) electrons. The summed E-state index contributed by atoms with van der Waals surface area (Å²) in [5.41, 5.74) is 5.95. The summed E-state index contributed by atoms with van der Waals surface area (Å²) < 4.78 is 34.9. The predicted octanol–water partition coefficient (Wildman–Crippen LogP) is 4.36. The van der Waals surface area contributed by atoms with E-state index in [-0.39, 0.29) is 55.6 Å². The lowest BCUT2D eigenvalue weighted by Gasteiger charge is -2.34. The van der Waals surface area contributed by atoms with Gasteiger partial charge in [-0.15, -0.1) is 0 Å². The maximum Gasteiger partial charge on any atom is 0.306 e. The Morgan fingerprint density at radius 3 is 2.12 bits per heavy atom. The molecule has 1 aliphatic carbocycles. The quantitative estimate of drug-likeness (QED) is 0.113. The van der Waals surface area contributed by atoms with Gasteiger partial charge in [-0.3, -0.25) is 33.6 Å². The number of carbonyl (C=O) groups excluding carboxylic acids is 7. The van der Waals surface area contributed by atoms with Crippen molar-refractivity contribution < 1.29 is 46.7 Å². The molecule has 58 heavy (non-hydrogen) atoms. The molecule has 14 nitrogen and oxygen atoms in total. The summed E-state index contributed by atoms with van der Waals surface area (Å²) in [7, 11) is -4.05. The summed E-state index contributed by atoms with van der Waals surface area (Å²) in [5.74, 6) is -6.53. The summed E-state index contributed by atoms with van der Waals surface area (Å²) in [5, 5.41) is 2.51. The van der Waals surface area contributed by atoms with Crippen LogP contribution in [-0.2, 0) is 48.3 Å². The molecule has 2 aromatic rings. The minimum absolute atomic E-state index is 0.0154. The number of ketones is 3. The van der Waals surface area contributed by atoms with Gasteiger partial charge in [0.2, 0.25) is 33.5 Å². The number of likely N-dealkylation sites (tertiary alicyclic amines) is 1. The topological polar surface area (TPSA) is 216 Å². The molecule has 1 saturated heterocycles. The monoisotopic (exact) mass is 822 g/mol. The molecule has 2 aromatic carbocycles. The Morgan fingerprint density at radius 2 is 1.52 bits per heavy atom. The van der Waals surface area contributed by atoms with Crippen LogP contribution < -0.4 is 15.8 Å². The Bertz CT molecular complexity index is 1870. The first kappa shape index (κ1) is 45.9. The van der Waals surface area contributed by atoms with E-state index in [0.717, 1.165) is 19.3 Å². The molecule has 3 amide bonds. The van der Waals surface area contributed by atoms with Gasteiger partial charge >= 0.3 is 5.97 Å². The smallest absolute Gasteiger partial charge is 0.306 e. The molecule has 5 atom stereocenters. The fraction of sp³-hybridized carbons (Fsp3) is 0.558. The van der Waals surface area contributed by atoms with E-state index in [4.69, 9.17) is 10.5 Å². The molecule has 2 aliphatic rings. The maximum absolute atomic E-state index is 14.6. The molecule has 2 fully saturated rings. The summed E-state index contributed by atoms with van der Waals surface area (Å²) in [6, 6.07) is 12.9. The minimum Gasteiger partial charge on any atom is -0.465 e. The van der Waals surface area contributed by atoms with Crippen LogP contribution in [-0.4, -0.2) is 79.6 Å². The molecule has 0 spiro atoms. The van der Waals surface area contributed by atoms with Crippen LogP contribution in [0, 0.1) is 23.7 Å². The van der Waals surface area contributed by atoms with Crippen LogP contribution in [0.5, 0.6) is 0 Å². The Kier molecular flexibility index (Phi) is 17.3. The number of hydrogen-bond donors (Lipinski definition) is 3. The molecular formula is C43H58N4O10S. The van der Waals surface area contributed by atoms with E-state index in [0.29, 0.717) is 24.8 Å². The van der Waals surface area contributed by atoms with Gasteiger partial charge < -0.3 is 20.7 Å². The van der Waals surface area contributed by atoms with Gasteiger partial charge in [0.1, 0.15) is 6.04 Å².